The van der Waals surface area contributed by atoms with Gasteiger partial charge < -0.3 is 15.9 Å². The largest absolute Gasteiger partial charge is 0.503 e. The lowest BCUT2D eigenvalue weighted by atomic mass is 9.84. The van der Waals surface area contributed by atoms with E-state index in [4.69, 9.17) is 20.7 Å². The van der Waals surface area contributed by atoms with Gasteiger partial charge in [-0.05, 0) is 19.8 Å². The molecule has 1 saturated carbocycles. The van der Waals surface area contributed by atoms with Crippen LogP contribution in [-0.4, -0.2) is 21.9 Å². The molecule has 72 valence electrons. The third kappa shape index (κ3) is 7.34. The zero-order valence-electron chi connectivity index (χ0n) is 7.42. The summed E-state index contributed by atoms with van der Waals surface area (Å²) in [6.45, 7) is 2.16. The van der Waals surface area contributed by atoms with Gasteiger partial charge in [0.15, 0.2) is 0 Å². The summed E-state index contributed by atoms with van der Waals surface area (Å²) in [4.78, 5) is 8.56. The second-order valence-corrected chi connectivity index (χ2v) is 3.50. The molecule has 12 heavy (non-hydrogen) atoms. The van der Waals surface area contributed by atoms with Gasteiger partial charge in [0, 0.05) is 5.54 Å². The molecule has 1 aliphatic rings. The Hall–Kier alpha value is -0.770. The predicted molar refractivity (Wildman–Crippen MR) is 46.3 cm³/mol. The van der Waals surface area contributed by atoms with Crippen LogP contribution in [0.25, 0.3) is 0 Å². The van der Waals surface area contributed by atoms with Crippen molar-refractivity contribution >= 4 is 6.16 Å². The molecule has 0 spiro atoms. The van der Waals surface area contributed by atoms with Crippen LogP contribution in [0.2, 0.25) is 0 Å². The van der Waals surface area contributed by atoms with E-state index in [1.807, 2.05) is 0 Å². The number of hydrogen-bond donors (Lipinski definition) is 3. The van der Waals surface area contributed by atoms with Crippen LogP contribution in [-0.2, 0) is 0 Å². The molecule has 0 aliphatic heterocycles. The maximum Gasteiger partial charge on any atom is 0.503 e. The van der Waals surface area contributed by atoms with Crippen molar-refractivity contribution in [3.8, 4) is 0 Å². The topological polar surface area (TPSA) is 83.6 Å². The zero-order valence-corrected chi connectivity index (χ0v) is 7.42. The quantitative estimate of drug-likeness (QED) is 0.525. The first-order valence-corrected chi connectivity index (χ1v) is 4.15. The molecule has 0 atom stereocenters. The molecule has 1 rings (SSSR count). The van der Waals surface area contributed by atoms with E-state index < -0.39 is 6.16 Å². The van der Waals surface area contributed by atoms with Gasteiger partial charge >= 0.3 is 6.16 Å². The average molecular weight is 175 g/mol. The summed E-state index contributed by atoms with van der Waals surface area (Å²) in [6.07, 6.45) is 4.70. The van der Waals surface area contributed by atoms with Gasteiger partial charge in [0.2, 0.25) is 0 Å². The Bertz CT molecular complexity index is 133. The van der Waals surface area contributed by atoms with Crippen LogP contribution < -0.4 is 5.73 Å². The molecule has 0 saturated heterocycles. The van der Waals surface area contributed by atoms with Crippen molar-refractivity contribution in [3.05, 3.63) is 0 Å². The Morgan fingerprint density at radius 1 is 1.25 bits per heavy atom. The standard InChI is InChI=1S/C7H15N.CH2O3/c1-7(8)5-3-2-4-6-7;2-1(3)4/h2-6,8H2,1H3;(H2,2,3,4). The van der Waals surface area contributed by atoms with Gasteiger partial charge in [0.25, 0.3) is 0 Å². The summed E-state index contributed by atoms with van der Waals surface area (Å²) in [5.74, 6) is 0. The first kappa shape index (κ1) is 11.2. The molecule has 0 radical (unpaired) electrons. The fraction of sp³-hybridized carbons (Fsp3) is 0.875. The Kier molecular flexibility index (Phi) is 4.66. The molecule has 0 amide bonds. The van der Waals surface area contributed by atoms with E-state index >= 15 is 0 Å². The van der Waals surface area contributed by atoms with Crippen LogP contribution in [0.4, 0.5) is 4.79 Å². The molecule has 0 unspecified atom stereocenters. The van der Waals surface area contributed by atoms with Gasteiger partial charge in [0.1, 0.15) is 0 Å². The smallest absolute Gasteiger partial charge is 0.450 e. The number of rotatable bonds is 0. The van der Waals surface area contributed by atoms with Crippen molar-refractivity contribution in [2.45, 2.75) is 44.6 Å². The van der Waals surface area contributed by atoms with Gasteiger partial charge in [-0.3, -0.25) is 0 Å². The van der Waals surface area contributed by atoms with E-state index in [9.17, 15) is 0 Å². The Labute approximate surface area is 72.4 Å². The maximum atomic E-state index is 8.56. The van der Waals surface area contributed by atoms with Crippen molar-refractivity contribution < 1.29 is 15.0 Å². The zero-order chi connectivity index (χ0) is 9.61. The third-order valence-corrected chi connectivity index (χ3v) is 2.00. The summed E-state index contributed by atoms with van der Waals surface area (Å²) in [6, 6.07) is 0. The first-order valence-electron chi connectivity index (χ1n) is 4.15. The Morgan fingerprint density at radius 2 is 1.58 bits per heavy atom. The molecule has 0 heterocycles. The summed E-state index contributed by atoms with van der Waals surface area (Å²) in [7, 11) is 0. The third-order valence-electron chi connectivity index (χ3n) is 2.00. The molecular weight excluding hydrogens is 158 g/mol. The van der Waals surface area contributed by atoms with Gasteiger partial charge in [-0.15, -0.1) is 0 Å². The molecule has 0 aromatic rings. The minimum absolute atomic E-state index is 0.179. The molecule has 4 N–H and O–H groups in total. The molecular formula is C8H17NO3. The molecule has 4 heteroatoms. The predicted octanol–water partition coefficient (Wildman–Crippen LogP) is 1.89. The van der Waals surface area contributed by atoms with E-state index in [-0.39, 0.29) is 5.54 Å². The summed E-state index contributed by atoms with van der Waals surface area (Å²) >= 11 is 0. The Balaban J connectivity index is 0.000000261. The van der Waals surface area contributed by atoms with Crippen LogP contribution in [0, 0.1) is 0 Å². The van der Waals surface area contributed by atoms with Crippen molar-refractivity contribution in [2.24, 2.45) is 5.73 Å². The number of nitrogens with two attached hydrogens (primary N) is 1. The first-order chi connectivity index (χ1) is 5.44. The normalized spacial score (nSPS) is 20.5. The fourth-order valence-corrected chi connectivity index (χ4v) is 1.36. The van der Waals surface area contributed by atoms with Gasteiger partial charge in [-0.2, -0.15) is 0 Å². The van der Waals surface area contributed by atoms with E-state index in [1.54, 1.807) is 0 Å². The summed E-state index contributed by atoms with van der Waals surface area (Å²) in [5, 5.41) is 13.9. The Morgan fingerprint density at radius 3 is 1.75 bits per heavy atom. The maximum absolute atomic E-state index is 8.56. The fourth-order valence-electron chi connectivity index (χ4n) is 1.36. The van der Waals surface area contributed by atoms with Gasteiger partial charge in [-0.25, -0.2) is 4.79 Å². The SMILES string of the molecule is CC1(N)CCCCC1.O=C(O)O. The van der Waals surface area contributed by atoms with Crippen LogP contribution in [0.5, 0.6) is 0 Å². The van der Waals surface area contributed by atoms with Crippen LogP contribution in [0.15, 0.2) is 0 Å². The lowest BCUT2D eigenvalue weighted by molar-refractivity contribution is 0.137. The van der Waals surface area contributed by atoms with Crippen molar-refractivity contribution in [1.82, 2.24) is 0 Å². The molecule has 1 fully saturated rings. The van der Waals surface area contributed by atoms with E-state index in [0.29, 0.717) is 0 Å². The molecule has 4 nitrogen and oxygen atoms in total. The van der Waals surface area contributed by atoms with Crippen LogP contribution in [0.3, 0.4) is 0 Å². The van der Waals surface area contributed by atoms with E-state index in [0.717, 1.165) is 0 Å². The van der Waals surface area contributed by atoms with Gasteiger partial charge in [0.05, 0.1) is 0 Å². The highest BCUT2D eigenvalue weighted by Gasteiger charge is 2.20. The molecule has 0 aromatic carbocycles. The highest BCUT2D eigenvalue weighted by molar-refractivity contribution is 5.53. The lowest BCUT2D eigenvalue weighted by Crippen LogP contribution is -2.37. The molecule has 0 bridgehead atoms. The van der Waals surface area contributed by atoms with Crippen LogP contribution >= 0.6 is 0 Å². The van der Waals surface area contributed by atoms with E-state index in [2.05, 4.69) is 6.92 Å². The van der Waals surface area contributed by atoms with Crippen molar-refractivity contribution in [3.63, 3.8) is 0 Å². The highest BCUT2D eigenvalue weighted by Crippen LogP contribution is 2.24. The average Bonchev–Trinajstić information content (AvgIpc) is 1.85. The molecule has 0 aromatic heterocycles. The van der Waals surface area contributed by atoms with Gasteiger partial charge in [-0.1, -0.05) is 19.3 Å². The lowest BCUT2D eigenvalue weighted by Gasteiger charge is -2.28. The number of hydrogen-bond acceptors (Lipinski definition) is 2. The highest BCUT2D eigenvalue weighted by atomic mass is 16.6. The monoisotopic (exact) mass is 175 g/mol. The number of carboxylic acid groups (broad SMARTS) is 2. The summed E-state index contributed by atoms with van der Waals surface area (Å²) < 4.78 is 0. The van der Waals surface area contributed by atoms with E-state index in [1.165, 1.54) is 32.1 Å². The molecule has 1 aliphatic carbocycles. The van der Waals surface area contributed by atoms with Crippen molar-refractivity contribution in [1.29, 1.82) is 0 Å². The minimum Gasteiger partial charge on any atom is -0.450 e. The minimum atomic E-state index is -1.83. The number of carbonyl (C=O) groups is 1. The summed E-state index contributed by atoms with van der Waals surface area (Å²) in [5.41, 5.74) is 6.06. The van der Waals surface area contributed by atoms with Crippen LogP contribution in [0.1, 0.15) is 39.0 Å². The second kappa shape index (κ2) is 4.98. The second-order valence-electron chi connectivity index (χ2n) is 3.50. The van der Waals surface area contributed by atoms with Crippen molar-refractivity contribution in [2.75, 3.05) is 0 Å².